The van der Waals surface area contributed by atoms with Crippen molar-refractivity contribution in [1.29, 1.82) is 5.26 Å². The lowest BCUT2D eigenvalue weighted by molar-refractivity contribution is -0.138. The van der Waals surface area contributed by atoms with Gasteiger partial charge in [-0.2, -0.15) is 5.26 Å². The van der Waals surface area contributed by atoms with Gasteiger partial charge < -0.3 is 10.0 Å². The summed E-state index contributed by atoms with van der Waals surface area (Å²) < 4.78 is 0. The molecule has 1 aromatic heterocycles. The minimum Gasteiger partial charge on any atom is -0.481 e. The van der Waals surface area contributed by atoms with Crippen LogP contribution < -0.4 is 4.90 Å². The Morgan fingerprint density at radius 3 is 2.70 bits per heavy atom. The Morgan fingerprint density at radius 1 is 1.50 bits per heavy atom. The van der Waals surface area contributed by atoms with Crippen molar-refractivity contribution in [3.8, 4) is 6.07 Å². The second kappa shape index (κ2) is 5.91. The predicted octanol–water partition coefficient (Wildman–Crippen LogP) is 2.26. The monoisotopic (exact) mass is 273 g/mol. The number of carboxylic acid groups (broad SMARTS) is 1. The number of hydrogen-bond donors (Lipinski definition) is 1. The van der Waals surface area contributed by atoms with Gasteiger partial charge in [-0.15, -0.1) is 0 Å². The number of nitriles is 1. The van der Waals surface area contributed by atoms with Crippen molar-refractivity contribution in [3.05, 3.63) is 23.0 Å². The highest BCUT2D eigenvalue weighted by Gasteiger charge is 2.23. The number of pyridine rings is 1. The third-order valence-electron chi connectivity index (χ3n) is 3.84. The van der Waals surface area contributed by atoms with Crippen LogP contribution >= 0.6 is 0 Å². The molecule has 0 amide bonds. The maximum Gasteiger partial charge on any atom is 0.303 e. The molecule has 0 atom stereocenters. The van der Waals surface area contributed by atoms with Crippen molar-refractivity contribution in [3.63, 3.8) is 0 Å². The van der Waals surface area contributed by atoms with Crippen LogP contribution in [0.25, 0.3) is 0 Å². The predicted molar refractivity (Wildman–Crippen MR) is 75.6 cm³/mol. The molecule has 1 aromatic rings. The van der Waals surface area contributed by atoms with Gasteiger partial charge in [-0.3, -0.25) is 9.78 Å². The van der Waals surface area contributed by atoms with Gasteiger partial charge >= 0.3 is 5.97 Å². The zero-order valence-corrected chi connectivity index (χ0v) is 11.9. The Bertz CT molecular complexity index is 555. The number of aliphatic carboxylic acids is 1. The lowest BCUT2D eigenvalue weighted by atomic mass is 9.93. The van der Waals surface area contributed by atoms with Gasteiger partial charge in [0, 0.05) is 25.2 Å². The smallest absolute Gasteiger partial charge is 0.303 e. The lowest BCUT2D eigenvalue weighted by Gasteiger charge is -2.33. The minimum absolute atomic E-state index is 0.243. The summed E-state index contributed by atoms with van der Waals surface area (Å²) in [5, 5.41) is 18.1. The summed E-state index contributed by atoms with van der Waals surface area (Å²) in [7, 11) is 0. The Balaban J connectivity index is 2.15. The molecule has 0 radical (unpaired) electrons. The fourth-order valence-electron chi connectivity index (χ4n) is 2.82. The first-order valence-electron chi connectivity index (χ1n) is 6.86. The van der Waals surface area contributed by atoms with E-state index in [0.717, 1.165) is 43.0 Å². The molecule has 1 aliphatic rings. The Labute approximate surface area is 118 Å². The quantitative estimate of drug-likeness (QED) is 0.914. The minimum atomic E-state index is -0.725. The first-order valence-corrected chi connectivity index (χ1v) is 6.86. The van der Waals surface area contributed by atoms with Crippen LogP contribution in [0.15, 0.2) is 6.07 Å². The molecule has 1 fully saturated rings. The van der Waals surface area contributed by atoms with Gasteiger partial charge in [0.25, 0.3) is 0 Å². The van der Waals surface area contributed by atoms with Crippen molar-refractivity contribution < 1.29 is 9.90 Å². The van der Waals surface area contributed by atoms with E-state index in [1.54, 1.807) is 0 Å². The fraction of sp³-hybridized carbons (Fsp3) is 0.533. The Hall–Kier alpha value is -2.09. The van der Waals surface area contributed by atoms with E-state index < -0.39 is 5.97 Å². The van der Waals surface area contributed by atoms with E-state index in [9.17, 15) is 10.1 Å². The molecule has 2 rings (SSSR count). The summed E-state index contributed by atoms with van der Waals surface area (Å²) in [6.07, 6.45) is 1.96. The number of piperidine rings is 1. The molecule has 0 aliphatic carbocycles. The standard InChI is InChI=1S/C15H19N3O2/c1-10-7-14(13(9-16)11(2)17-10)18-5-3-12(4-6-18)8-15(19)20/h7,12H,3-6,8H2,1-2H3,(H,19,20). The number of carbonyl (C=O) groups is 1. The largest absolute Gasteiger partial charge is 0.481 e. The number of rotatable bonds is 3. The molecule has 5 nitrogen and oxygen atoms in total. The van der Waals surface area contributed by atoms with Gasteiger partial charge in [0.1, 0.15) is 6.07 Å². The number of aromatic nitrogens is 1. The van der Waals surface area contributed by atoms with Crippen LogP contribution in [0, 0.1) is 31.1 Å². The van der Waals surface area contributed by atoms with Crippen LogP contribution in [-0.2, 0) is 4.79 Å². The highest BCUT2D eigenvalue weighted by atomic mass is 16.4. The van der Waals surface area contributed by atoms with E-state index in [0.29, 0.717) is 5.56 Å². The molecule has 20 heavy (non-hydrogen) atoms. The Kier molecular flexibility index (Phi) is 4.23. The molecule has 0 aromatic carbocycles. The second-order valence-electron chi connectivity index (χ2n) is 5.38. The molecular formula is C15H19N3O2. The van der Waals surface area contributed by atoms with E-state index >= 15 is 0 Å². The molecule has 0 saturated carbocycles. The molecular weight excluding hydrogens is 254 g/mol. The maximum absolute atomic E-state index is 10.7. The molecule has 1 aliphatic heterocycles. The van der Waals surface area contributed by atoms with Crippen LogP contribution in [0.5, 0.6) is 0 Å². The first-order chi connectivity index (χ1) is 9.51. The van der Waals surface area contributed by atoms with Crippen molar-refractivity contribution in [2.75, 3.05) is 18.0 Å². The number of anilines is 1. The van der Waals surface area contributed by atoms with Crippen molar-refractivity contribution in [2.45, 2.75) is 33.1 Å². The summed E-state index contributed by atoms with van der Waals surface area (Å²) in [4.78, 5) is 17.3. The van der Waals surface area contributed by atoms with Gasteiger partial charge in [0.2, 0.25) is 0 Å². The van der Waals surface area contributed by atoms with E-state index in [1.807, 2.05) is 19.9 Å². The normalized spacial score (nSPS) is 15.9. The summed E-state index contributed by atoms with van der Waals surface area (Å²) in [6, 6.07) is 4.18. The summed E-state index contributed by atoms with van der Waals surface area (Å²) >= 11 is 0. The average Bonchev–Trinajstić information content (AvgIpc) is 2.38. The average molecular weight is 273 g/mol. The summed E-state index contributed by atoms with van der Waals surface area (Å²) in [5.74, 6) is -0.477. The van der Waals surface area contributed by atoms with Crippen molar-refractivity contribution in [1.82, 2.24) is 4.98 Å². The van der Waals surface area contributed by atoms with Gasteiger partial charge in [-0.1, -0.05) is 0 Å². The van der Waals surface area contributed by atoms with Gasteiger partial charge in [0.15, 0.2) is 0 Å². The van der Waals surface area contributed by atoms with E-state index in [-0.39, 0.29) is 12.3 Å². The molecule has 5 heteroatoms. The van der Waals surface area contributed by atoms with Crippen LogP contribution in [0.1, 0.15) is 36.2 Å². The van der Waals surface area contributed by atoms with Crippen molar-refractivity contribution >= 4 is 11.7 Å². The molecule has 0 unspecified atom stereocenters. The van der Waals surface area contributed by atoms with Crippen molar-refractivity contribution in [2.24, 2.45) is 5.92 Å². The van der Waals surface area contributed by atoms with Crippen LogP contribution in [-0.4, -0.2) is 29.1 Å². The first kappa shape index (κ1) is 14.3. The third kappa shape index (κ3) is 3.08. The van der Waals surface area contributed by atoms with E-state index in [4.69, 9.17) is 5.11 Å². The lowest BCUT2D eigenvalue weighted by Crippen LogP contribution is -2.35. The number of aryl methyl sites for hydroxylation is 2. The van der Waals surface area contributed by atoms with E-state index in [1.165, 1.54) is 0 Å². The van der Waals surface area contributed by atoms with Gasteiger partial charge in [-0.05, 0) is 38.7 Å². The third-order valence-corrected chi connectivity index (χ3v) is 3.84. The van der Waals surface area contributed by atoms with Crippen LogP contribution in [0.2, 0.25) is 0 Å². The molecule has 0 spiro atoms. The summed E-state index contributed by atoms with van der Waals surface area (Å²) in [6.45, 7) is 5.38. The molecule has 1 saturated heterocycles. The fourth-order valence-corrected chi connectivity index (χ4v) is 2.82. The summed E-state index contributed by atoms with van der Waals surface area (Å²) in [5.41, 5.74) is 3.23. The molecule has 0 bridgehead atoms. The number of nitrogens with zero attached hydrogens (tertiary/aromatic N) is 3. The van der Waals surface area contributed by atoms with Crippen LogP contribution in [0.4, 0.5) is 5.69 Å². The molecule has 2 heterocycles. The Morgan fingerprint density at radius 2 is 2.15 bits per heavy atom. The maximum atomic E-state index is 10.7. The second-order valence-corrected chi connectivity index (χ2v) is 5.38. The van der Waals surface area contributed by atoms with Gasteiger partial charge in [0.05, 0.1) is 16.9 Å². The van der Waals surface area contributed by atoms with Crippen LogP contribution in [0.3, 0.4) is 0 Å². The zero-order chi connectivity index (χ0) is 14.7. The van der Waals surface area contributed by atoms with Gasteiger partial charge in [-0.25, -0.2) is 0 Å². The van der Waals surface area contributed by atoms with E-state index in [2.05, 4.69) is 16.0 Å². The number of hydrogen-bond acceptors (Lipinski definition) is 4. The highest BCUT2D eigenvalue weighted by molar-refractivity contribution is 5.67. The SMILES string of the molecule is Cc1cc(N2CCC(CC(=O)O)CC2)c(C#N)c(C)n1. The number of carboxylic acids is 1. The molecule has 1 N–H and O–H groups in total. The zero-order valence-electron chi connectivity index (χ0n) is 11.9. The topological polar surface area (TPSA) is 77.2 Å². The highest BCUT2D eigenvalue weighted by Crippen LogP contribution is 2.29. The molecule has 106 valence electrons.